The van der Waals surface area contributed by atoms with Crippen molar-refractivity contribution in [3.8, 4) is 11.3 Å². The zero-order valence-corrected chi connectivity index (χ0v) is 16.3. The Morgan fingerprint density at radius 1 is 0.964 bits per heavy atom. The maximum atomic E-state index is 12.5. The zero-order valence-electron chi connectivity index (χ0n) is 16.3. The van der Waals surface area contributed by atoms with Gasteiger partial charge in [-0.2, -0.15) is 0 Å². The predicted molar refractivity (Wildman–Crippen MR) is 104 cm³/mol. The number of hydrogen-bond acceptors (Lipinski definition) is 5. The van der Waals surface area contributed by atoms with Crippen LogP contribution in [0.1, 0.15) is 60.4 Å². The van der Waals surface area contributed by atoms with E-state index in [1.54, 1.807) is 42.2 Å². The van der Waals surface area contributed by atoms with Crippen LogP contribution in [0, 0.1) is 0 Å². The van der Waals surface area contributed by atoms with Crippen LogP contribution in [-0.4, -0.2) is 41.8 Å². The molecule has 0 spiro atoms. The molecule has 148 valence electrons. The summed E-state index contributed by atoms with van der Waals surface area (Å²) in [4.78, 5) is 38.0. The second-order valence-corrected chi connectivity index (χ2v) is 7.08. The van der Waals surface area contributed by atoms with Crippen molar-refractivity contribution >= 4 is 17.7 Å². The minimum atomic E-state index is -0.853. The number of ketones is 1. The van der Waals surface area contributed by atoms with Gasteiger partial charge in [0.1, 0.15) is 5.76 Å². The number of nitrogens with zero attached hydrogens (tertiary/aromatic N) is 1. The topological polar surface area (TPSA) is 76.8 Å². The number of ether oxygens (including phenoxy) is 1. The fourth-order valence-electron chi connectivity index (χ4n) is 3.29. The molecule has 0 aliphatic carbocycles. The van der Waals surface area contributed by atoms with Crippen molar-refractivity contribution in [3.63, 3.8) is 0 Å². The van der Waals surface area contributed by atoms with Crippen LogP contribution in [0.25, 0.3) is 11.3 Å². The molecular weight excluding hydrogens is 358 g/mol. The Labute approximate surface area is 164 Å². The summed E-state index contributed by atoms with van der Waals surface area (Å²) in [5, 5.41) is 0. The van der Waals surface area contributed by atoms with Gasteiger partial charge < -0.3 is 14.1 Å². The summed E-state index contributed by atoms with van der Waals surface area (Å²) < 4.78 is 10.9. The van der Waals surface area contributed by atoms with Gasteiger partial charge in [-0.1, -0.05) is 37.1 Å². The standard InChI is InChI=1S/C22H25NO5/c1-15(24)17-7-9-18(10-8-17)19-11-12-20(28-19)22(26)27-16(2)21(25)23-13-5-3-4-6-14-23/h7-12,16H,3-6,13-14H2,1-2H3/t16-/m1/s1. The van der Waals surface area contributed by atoms with Crippen molar-refractivity contribution in [1.82, 2.24) is 4.90 Å². The van der Waals surface area contributed by atoms with Crippen LogP contribution in [0.5, 0.6) is 0 Å². The van der Waals surface area contributed by atoms with Gasteiger partial charge in [-0.25, -0.2) is 4.79 Å². The third-order valence-electron chi connectivity index (χ3n) is 4.93. The quantitative estimate of drug-likeness (QED) is 0.574. The van der Waals surface area contributed by atoms with Crippen LogP contribution < -0.4 is 0 Å². The highest BCUT2D eigenvalue weighted by Crippen LogP contribution is 2.23. The Balaban J connectivity index is 1.63. The molecule has 1 saturated heterocycles. The number of hydrogen-bond donors (Lipinski definition) is 0. The van der Waals surface area contributed by atoms with Crippen LogP contribution in [0.3, 0.4) is 0 Å². The molecule has 2 heterocycles. The van der Waals surface area contributed by atoms with Crippen molar-refractivity contribution in [1.29, 1.82) is 0 Å². The summed E-state index contributed by atoms with van der Waals surface area (Å²) in [7, 11) is 0. The van der Waals surface area contributed by atoms with Gasteiger partial charge in [-0.3, -0.25) is 9.59 Å². The molecule has 3 rings (SSSR count). The van der Waals surface area contributed by atoms with E-state index < -0.39 is 12.1 Å². The zero-order chi connectivity index (χ0) is 20.1. The van der Waals surface area contributed by atoms with E-state index in [0.717, 1.165) is 31.2 Å². The fourth-order valence-corrected chi connectivity index (χ4v) is 3.29. The highest BCUT2D eigenvalue weighted by atomic mass is 16.6. The highest BCUT2D eigenvalue weighted by Gasteiger charge is 2.26. The molecular formula is C22H25NO5. The molecule has 1 amide bonds. The number of amides is 1. The van der Waals surface area contributed by atoms with Crippen molar-refractivity contribution in [2.24, 2.45) is 0 Å². The Kier molecular flexibility index (Phi) is 6.29. The third kappa shape index (κ3) is 4.68. The first kappa shape index (κ1) is 19.9. The molecule has 6 heteroatoms. The van der Waals surface area contributed by atoms with Crippen LogP contribution >= 0.6 is 0 Å². The third-order valence-corrected chi connectivity index (χ3v) is 4.93. The lowest BCUT2D eigenvalue weighted by molar-refractivity contribution is -0.139. The van der Waals surface area contributed by atoms with Crippen molar-refractivity contribution in [2.45, 2.75) is 45.6 Å². The van der Waals surface area contributed by atoms with Crippen LogP contribution in [0.15, 0.2) is 40.8 Å². The van der Waals surface area contributed by atoms with Gasteiger partial charge in [0.25, 0.3) is 5.91 Å². The number of Topliss-reactive ketones (excluding diaryl/α,β-unsaturated/α-hetero) is 1. The molecule has 28 heavy (non-hydrogen) atoms. The highest BCUT2D eigenvalue weighted by molar-refractivity contribution is 5.94. The van der Waals surface area contributed by atoms with Gasteiger partial charge in [-0.05, 0) is 38.8 Å². The fraction of sp³-hybridized carbons (Fsp3) is 0.409. The largest absolute Gasteiger partial charge is 0.449 e. The van der Waals surface area contributed by atoms with E-state index in [9.17, 15) is 14.4 Å². The molecule has 0 radical (unpaired) electrons. The molecule has 1 aromatic heterocycles. The molecule has 6 nitrogen and oxygen atoms in total. The van der Waals surface area contributed by atoms with Crippen molar-refractivity contribution in [2.75, 3.05) is 13.1 Å². The molecule has 1 aliphatic heterocycles. The van der Waals surface area contributed by atoms with Gasteiger partial charge in [0.2, 0.25) is 5.76 Å². The molecule has 1 fully saturated rings. The van der Waals surface area contributed by atoms with Gasteiger partial charge in [0, 0.05) is 24.2 Å². The molecule has 0 bridgehead atoms. The van der Waals surface area contributed by atoms with Crippen molar-refractivity contribution in [3.05, 3.63) is 47.7 Å². The summed E-state index contributed by atoms with van der Waals surface area (Å²) in [5.41, 5.74) is 1.36. The molecule has 0 N–H and O–H groups in total. The van der Waals surface area contributed by atoms with E-state index in [1.807, 2.05) is 0 Å². The van der Waals surface area contributed by atoms with E-state index in [1.165, 1.54) is 13.0 Å². The first-order chi connectivity index (χ1) is 13.5. The smallest absolute Gasteiger partial charge is 0.375 e. The molecule has 2 aromatic rings. The molecule has 0 saturated carbocycles. The van der Waals surface area contributed by atoms with Gasteiger partial charge in [0.05, 0.1) is 0 Å². The second kappa shape index (κ2) is 8.87. The summed E-state index contributed by atoms with van der Waals surface area (Å²) >= 11 is 0. The Hall–Kier alpha value is -2.89. The molecule has 1 aliphatic rings. The average molecular weight is 383 g/mol. The second-order valence-electron chi connectivity index (χ2n) is 7.08. The van der Waals surface area contributed by atoms with E-state index in [2.05, 4.69) is 0 Å². The molecule has 1 atom stereocenters. The summed E-state index contributed by atoms with van der Waals surface area (Å²) in [6, 6.07) is 10.1. The van der Waals surface area contributed by atoms with E-state index in [-0.39, 0.29) is 17.5 Å². The maximum absolute atomic E-state index is 12.5. The lowest BCUT2D eigenvalue weighted by atomic mass is 10.1. The molecule has 1 aromatic carbocycles. The first-order valence-corrected chi connectivity index (χ1v) is 9.66. The van der Waals surface area contributed by atoms with Crippen LogP contribution in [-0.2, 0) is 9.53 Å². The van der Waals surface area contributed by atoms with E-state index in [0.29, 0.717) is 24.4 Å². The van der Waals surface area contributed by atoms with Gasteiger partial charge >= 0.3 is 5.97 Å². The van der Waals surface area contributed by atoms with Gasteiger partial charge in [-0.15, -0.1) is 0 Å². The molecule has 0 unspecified atom stereocenters. The number of likely N-dealkylation sites (tertiary alicyclic amines) is 1. The summed E-state index contributed by atoms with van der Waals surface area (Å²) in [6.45, 7) is 4.52. The number of esters is 1. The number of furan rings is 1. The summed E-state index contributed by atoms with van der Waals surface area (Å²) in [6.07, 6.45) is 3.36. The van der Waals surface area contributed by atoms with Crippen LogP contribution in [0.4, 0.5) is 0 Å². The average Bonchev–Trinajstić information content (AvgIpc) is 3.03. The Morgan fingerprint density at radius 2 is 1.61 bits per heavy atom. The summed E-state index contributed by atoms with van der Waals surface area (Å²) in [5.74, 6) is -0.308. The number of carbonyl (C=O) groups excluding carboxylic acids is 3. The lowest BCUT2D eigenvalue weighted by Crippen LogP contribution is -2.40. The predicted octanol–water partition coefficient (Wildman–Crippen LogP) is 4.10. The SMILES string of the molecule is CC(=O)c1ccc(-c2ccc(C(=O)O[C@H](C)C(=O)N3CCCCCC3)o2)cc1. The Morgan fingerprint density at radius 3 is 2.21 bits per heavy atom. The maximum Gasteiger partial charge on any atom is 0.375 e. The van der Waals surface area contributed by atoms with Gasteiger partial charge in [0.15, 0.2) is 11.9 Å². The monoisotopic (exact) mass is 383 g/mol. The van der Waals surface area contributed by atoms with Crippen molar-refractivity contribution < 1.29 is 23.5 Å². The number of carbonyl (C=O) groups is 3. The van der Waals surface area contributed by atoms with E-state index >= 15 is 0 Å². The van der Waals surface area contributed by atoms with Crippen LogP contribution in [0.2, 0.25) is 0 Å². The minimum Gasteiger partial charge on any atom is -0.449 e. The Bertz CT molecular complexity index is 844. The van der Waals surface area contributed by atoms with E-state index in [4.69, 9.17) is 9.15 Å². The number of rotatable bonds is 5. The normalized spacial score (nSPS) is 15.6. The first-order valence-electron chi connectivity index (χ1n) is 9.66. The lowest BCUT2D eigenvalue weighted by Gasteiger charge is -2.23. The minimum absolute atomic E-state index is 0.0154. The number of benzene rings is 1.